The van der Waals surface area contributed by atoms with Gasteiger partial charge in [0.25, 0.3) is 0 Å². The van der Waals surface area contributed by atoms with Crippen LogP contribution in [0.2, 0.25) is 0 Å². The smallest absolute Gasteiger partial charge is 0.0594 e. The molecule has 0 aromatic carbocycles. The van der Waals surface area contributed by atoms with Gasteiger partial charge in [-0.1, -0.05) is 61.8 Å². The molecular weight excluding hydrogens is 504 g/mol. The summed E-state index contributed by atoms with van der Waals surface area (Å²) in [6, 6.07) is 3.02. The predicted molar refractivity (Wildman–Crippen MR) is 191 cm³/mol. The third-order valence-electron chi connectivity index (χ3n) is 7.39. The Labute approximate surface area is 263 Å². The lowest BCUT2D eigenvalue weighted by molar-refractivity contribution is 0.0238. The second-order valence-electron chi connectivity index (χ2n) is 11.3. The third kappa shape index (κ3) is 28.3. The van der Waals surface area contributed by atoms with E-state index >= 15 is 0 Å². The van der Waals surface area contributed by atoms with Crippen molar-refractivity contribution in [2.24, 2.45) is 0 Å². The molecule has 5 heteroatoms. The second-order valence-corrected chi connectivity index (χ2v) is 11.3. The van der Waals surface area contributed by atoms with Crippen LogP contribution >= 0.6 is 0 Å². The summed E-state index contributed by atoms with van der Waals surface area (Å²) in [7, 11) is 0. The van der Waals surface area contributed by atoms with Gasteiger partial charge in [-0.15, -0.1) is 0 Å². The summed E-state index contributed by atoms with van der Waals surface area (Å²) < 4.78 is 5.21. The van der Waals surface area contributed by atoms with E-state index in [9.17, 15) is 0 Å². The van der Waals surface area contributed by atoms with Crippen LogP contribution in [0.4, 0.5) is 0 Å². The van der Waals surface area contributed by atoms with E-state index in [1.54, 1.807) is 0 Å². The molecule has 0 saturated carbocycles. The third-order valence-corrected chi connectivity index (χ3v) is 7.39. The number of morpholine rings is 1. The molecule has 0 amide bonds. The van der Waals surface area contributed by atoms with E-state index in [0.717, 1.165) is 44.4 Å². The molecule has 0 aliphatic carbocycles. The van der Waals surface area contributed by atoms with Crippen molar-refractivity contribution in [2.45, 2.75) is 173 Å². The largest absolute Gasteiger partial charge is 0.379 e. The van der Waals surface area contributed by atoms with E-state index in [1.165, 1.54) is 77.8 Å². The van der Waals surface area contributed by atoms with Crippen LogP contribution in [0, 0.1) is 0 Å². The number of piperidine rings is 1. The molecule has 0 N–H and O–H groups in total. The summed E-state index contributed by atoms with van der Waals surface area (Å²) in [5, 5.41) is 0. The molecule has 0 aromatic heterocycles. The molecule has 4 aliphatic rings. The number of nitrogens with zero attached hydrogens (tertiary/aromatic N) is 4. The zero-order valence-corrected chi connectivity index (χ0v) is 31.8. The van der Waals surface area contributed by atoms with E-state index in [2.05, 4.69) is 75.0 Å². The minimum Gasteiger partial charge on any atom is -0.379 e. The monoisotopic (exact) mass is 589 g/mol. The fraction of sp³-hybridized carbons (Fsp3) is 1.00. The first-order chi connectivity index (χ1) is 19.7. The fourth-order valence-electron chi connectivity index (χ4n) is 4.64. The quantitative estimate of drug-likeness (QED) is 0.325. The summed E-state index contributed by atoms with van der Waals surface area (Å²) in [5.41, 5.74) is 0. The summed E-state index contributed by atoms with van der Waals surface area (Å²) in [6.07, 6.45) is 8.52. The number of likely N-dealkylation sites (tertiary alicyclic amines) is 3. The lowest BCUT2D eigenvalue weighted by Crippen LogP contribution is -2.41. The number of ether oxygens (including phenoxy) is 1. The Morgan fingerprint density at radius 1 is 0.317 bits per heavy atom. The molecule has 4 heterocycles. The average molecular weight is 589 g/mol. The molecule has 41 heavy (non-hydrogen) atoms. The molecule has 0 aromatic rings. The first kappa shape index (κ1) is 47.7. The topological polar surface area (TPSA) is 22.2 Å². The lowest BCUT2D eigenvalue weighted by atomic mass is 10.1. The normalized spacial score (nSPS) is 19.0. The Hall–Kier alpha value is -0.200. The Kier molecular flexibility index (Phi) is 41.9. The molecule has 0 atom stereocenters. The standard InChI is InChI=1S/C8H17N.C7H15NO.C7H15N.C6H13N.4C2H6/c1-8(2)9-6-4-3-5-7-9;1-7(2)8-3-5-9-6-4-8;1-7(2)8-5-3-4-6-8;1-6(2)7-4-3-5-7;4*1-2/h8H,3-7H2,1-2H3;7H,3-6H2,1-2H3;7H,3-6H2,1-2H3;6H,3-5H2,1-2H3;4*1-2H3. The average Bonchev–Trinajstić information content (AvgIpc) is 3.54. The SMILES string of the molecule is CC.CC.CC.CC.CC(C)N1CCC1.CC(C)N1CCCC1.CC(C)N1CCCCC1.CC(C)N1CCOCC1. The minimum absolute atomic E-state index is 0.689. The van der Waals surface area contributed by atoms with Gasteiger partial charge in [0.2, 0.25) is 0 Å². The van der Waals surface area contributed by atoms with Gasteiger partial charge in [0.05, 0.1) is 13.2 Å². The van der Waals surface area contributed by atoms with Gasteiger partial charge in [-0.2, -0.15) is 0 Å². The molecule has 0 radical (unpaired) electrons. The predicted octanol–water partition coefficient (Wildman–Crippen LogP) is 9.30. The van der Waals surface area contributed by atoms with Crippen molar-refractivity contribution in [2.75, 3.05) is 65.6 Å². The Bertz CT molecular complexity index is 413. The van der Waals surface area contributed by atoms with Crippen LogP contribution in [0.1, 0.15) is 149 Å². The van der Waals surface area contributed by atoms with Crippen LogP contribution < -0.4 is 0 Å². The summed E-state index contributed by atoms with van der Waals surface area (Å²) in [4.78, 5) is 9.99. The highest BCUT2D eigenvalue weighted by Gasteiger charge is 2.16. The van der Waals surface area contributed by atoms with Crippen LogP contribution in [0.25, 0.3) is 0 Å². The van der Waals surface area contributed by atoms with Crippen molar-refractivity contribution in [3.63, 3.8) is 0 Å². The van der Waals surface area contributed by atoms with Crippen LogP contribution in [-0.4, -0.2) is 109 Å². The zero-order valence-electron chi connectivity index (χ0n) is 31.8. The molecule has 4 fully saturated rings. The fourth-order valence-corrected chi connectivity index (χ4v) is 4.64. The minimum atomic E-state index is 0.689. The highest BCUT2D eigenvalue weighted by atomic mass is 16.5. The summed E-state index contributed by atoms with van der Waals surface area (Å²) in [6.45, 7) is 46.1. The molecule has 0 bridgehead atoms. The van der Waals surface area contributed by atoms with Crippen molar-refractivity contribution >= 4 is 0 Å². The van der Waals surface area contributed by atoms with Crippen molar-refractivity contribution in [1.82, 2.24) is 19.6 Å². The summed E-state index contributed by atoms with van der Waals surface area (Å²) >= 11 is 0. The first-order valence-electron chi connectivity index (χ1n) is 18.3. The second kappa shape index (κ2) is 36.0. The van der Waals surface area contributed by atoms with E-state index in [4.69, 9.17) is 4.74 Å². The maximum absolute atomic E-state index is 5.21. The van der Waals surface area contributed by atoms with Gasteiger partial charge in [0, 0.05) is 37.3 Å². The zero-order chi connectivity index (χ0) is 32.6. The Morgan fingerprint density at radius 3 is 0.707 bits per heavy atom. The Balaban J connectivity index is -0.000000206. The number of rotatable bonds is 4. The number of hydrogen-bond donors (Lipinski definition) is 0. The van der Waals surface area contributed by atoms with E-state index in [-0.39, 0.29) is 0 Å². The molecular formula is C36H84N4O. The maximum Gasteiger partial charge on any atom is 0.0594 e. The van der Waals surface area contributed by atoms with Crippen molar-refractivity contribution in [3.8, 4) is 0 Å². The molecule has 0 unspecified atom stereocenters. The van der Waals surface area contributed by atoms with Crippen LogP contribution in [0.5, 0.6) is 0 Å². The van der Waals surface area contributed by atoms with Gasteiger partial charge < -0.3 is 19.4 Å². The van der Waals surface area contributed by atoms with E-state index < -0.39 is 0 Å². The van der Waals surface area contributed by atoms with Gasteiger partial charge in [-0.3, -0.25) is 4.90 Å². The Morgan fingerprint density at radius 2 is 0.537 bits per heavy atom. The molecule has 4 aliphatic heterocycles. The van der Waals surface area contributed by atoms with Crippen LogP contribution in [0.15, 0.2) is 0 Å². The first-order valence-corrected chi connectivity index (χ1v) is 18.3. The maximum atomic E-state index is 5.21. The van der Waals surface area contributed by atoms with Crippen molar-refractivity contribution < 1.29 is 4.74 Å². The van der Waals surface area contributed by atoms with Gasteiger partial charge in [0.15, 0.2) is 0 Å². The van der Waals surface area contributed by atoms with Crippen molar-refractivity contribution in [3.05, 3.63) is 0 Å². The molecule has 0 spiro atoms. The van der Waals surface area contributed by atoms with Gasteiger partial charge in [-0.25, -0.2) is 0 Å². The molecule has 254 valence electrons. The summed E-state index contributed by atoms with van der Waals surface area (Å²) in [5.74, 6) is 0. The highest BCUT2D eigenvalue weighted by molar-refractivity contribution is 4.71. The van der Waals surface area contributed by atoms with E-state index in [0.29, 0.717) is 6.04 Å². The molecule has 4 saturated heterocycles. The van der Waals surface area contributed by atoms with E-state index in [1.807, 2.05) is 55.4 Å². The van der Waals surface area contributed by atoms with Gasteiger partial charge in [0.1, 0.15) is 0 Å². The highest BCUT2D eigenvalue weighted by Crippen LogP contribution is 2.11. The van der Waals surface area contributed by atoms with Gasteiger partial charge in [-0.05, 0) is 127 Å². The van der Waals surface area contributed by atoms with Crippen LogP contribution in [-0.2, 0) is 4.74 Å². The van der Waals surface area contributed by atoms with Gasteiger partial charge >= 0.3 is 0 Å². The van der Waals surface area contributed by atoms with Crippen molar-refractivity contribution in [1.29, 1.82) is 0 Å². The van der Waals surface area contributed by atoms with Crippen LogP contribution in [0.3, 0.4) is 0 Å². The number of hydrogen-bond acceptors (Lipinski definition) is 5. The molecule has 4 rings (SSSR count). The molecule has 5 nitrogen and oxygen atoms in total. The lowest BCUT2D eigenvalue weighted by Gasteiger charge is -2.34.